The predicted molar refractivity (Wildman–Crippen MR) is 154 cm³/mol. The summed E-state index contributed by atoms with van der Waals surface area (Å²) in [5, 5.41) is 4.79. The molecule has 2 unspecified atom stereocenters. The number of carbonyl (C=O) groups excluding carboxylic acids is 1. The predicted octanol–water partition coefficient (Wildman–Crippen LogP) is 5.19. The van der Waals surface area contributed by atoms with E-state index in [-0.39, 0.29) is 35.5 Å². The number of rotatable bonds is 22. The van der Waals surface area contributed by atoms with Gasteiger partial charge in [0, 0.05) is 33.1 Å². The number of thiazole rings is 1. The lowest BCUT2D eigenvalue weighted by Gasteiger charge is -2.22. The van der Waals surface area contributed by atoms with Crippen molar-refractivity contribution in [3.8, 4) is 0 Å². The average Bonchev–Trinajstić information content (AvgIpc) is 3.43. The van der Waals surface area contributed by atoms with Crippen molar-refractivity contribution in [2.75, 3.05) is 20.3 Å². The quantitative estimate of drug-likeness (QED) is 0.110. The Bertz CT molecular complexity index is 617. The molecular weight excluding hydrogens is 564 g/mol. The fourth-order valence-corrected chi connectivity index (χ4v) is 5.16. The number of alkyl carbamates (subject to hydrolysis) is 1. The van der Waals surface area contributed by atoms with Gasteiger partial charge in [-0.05, 0) is 25.7 Å². The van der Waals surface area contributed by atoms with E-state index in [0.717, 1.165) is 51.8 Å². The molecule has 2 heterocycles. The topological polar surface area (TPSA) is 60.7 Å². The number of hydrogen-bond donors (Lipinski definition) is 1. The highest BCUT2D eigenvalue weighted by atomic mass is 79.9. The number of halogens is 1. The van der Waals surface area contributed by atoms with Crippen LogP contribution in [-0.4, -0.2) is 38.7 Å². The van der Waals surface area contributed by atoms with Crippen molar-refractivity contribution in [3.63, 3.8) is 0 Å². The lowest BCUT2D eigenvalue weighted by molar-refractivity contribution is -0.692. The summed E-state index contributed by atoms with van der Waals surface area (Å²) in [6, 6.07) is 0. The molecule has 1 amide bonds. The first-order valence-electron chi connectivity index (χ1n) is 15.2. The minimum atomic E-state index is -0.231. The number of carbonyl (C=O) groups is 1. The Morgan fingerprint density at radius 1 is 0.974 bits per heavy atom. The molecule has 0 radical (unpaired) electrons. The molecule has 1 aromatic heterocycles. The molecule has 2 rings (SSSR count). The van der Waals surface area contributed by atoms with Crippen LogP contribution in [0.5, 0.6) is 0 Å². The molecule has 0 saturated carbocycles. The summed E-state index contributed by atoms with van der Waals surface area (Å²) in [5.74, 6) is 0. The highest BCUT2D eigenvalue weighted by Gasteiger charge is 2.18. The highest BCUT2D eigenvalue weighted by molar-refractivity contribution is 7.07. The molecule has 1 aromatic rings. The van der Waals surface area contributed by atoms with Crippen LogP contribution in [0.25, 0.3) is 0 Å². The second kappa shape index (κ2) is 27.9. The number of methoxy groups -OCH3 is 1. The number of ether oxygens (including phenoxy) is 3. The van der Waals surface area contributed by atoms with Crippen LogP contribution >= 0.6 is 11.3 Å². The van der Waals surface area contributed by atoms with Crippen LogP contribution in [0.4, 0.5) is 4.79 Å². The molecular formula is C30H57BrN2O4S. The first kappa shape index (κ1) is 37.3. The minimum Gasteiger partial charge on any atom is -1.00 e. The summed E-state index contributed by atoms with van der Waals surface area (Å²) in [7, 11) is 1.69. The second-order valence-electron chi connectivity index (χ2n) is 10.2. The molecule has 1 saturated heterocycles. The van der Waals surface area contributed by atoms with E-state index < -0.39 is 0 Å². The van der Waals surface area contributed by atoms with Gasteiger partial charge in [0.2, 0.25) is 5.51 Å². The summed E-state index contributed by atoms with van der Waals surface area (Å²) in [6.45, 7) is 6.99. The van der Waals surface area contributed by atoms with Gasteiger partial charge in [-0.1, -0.05) is 102 Å². The van der Waals surface area contributed by atoms with Crippen LogP contribution in [0.15, 0.2) is 17.1 Å². The first-order valence-corrected chi connectivity index (χ1v) is 16.1. The van der Waals surface area contributed by atoms with Gasteiger partial charge in [-0.25, -0.2) is 4.79 Å². The third kappa shape index (κ3) is 22.2. The number of nitrogens with one attached hydrogen (secondary N) is 1. The highest BCUT2D eigenvalue weighted by Crippen LogP contribution is 2.16. The maximum Gasteiger partial charge on any atom is 0.407 e. The van der Waals surface area contributed by atoms with Gasteiger partial charge in [-0.3, -0.25) is 0 Å². The number of nitrogens with zero attached hydrogens (tertiary/aromatic N) is 1. The van der Waals surface area contributed by atoms with Crippen molar-refractivity contribution in [1.29, 1.82) is 0 Å². The van der Waals surface area contributed by atoms with Gasteiger partial charge < -0.3 is 36.5 Å². The molecule has 1 fully saturated rings. The summed E-state index contributed by atoms with van der Waals surface area (Å²) in [4.78, 5) is 11.1. The molecule has 0 spiro atoms. The van der Waals surface area contributed by atoms with Gasteiger partial charge in [0.25, 0.3) is 0 Å². The van der Waals surface area contributed by atoms with E-state index in [1.54, 1.807) is 18.4 Å². The third-order valence-electron chi connectivity index (χ3n) is 6.88. The van der Waals surface area contributed by atoms with Crippen LogP contribution in [-0.2, 0) is 20.8 Å². The van der Waals surface area contributed by atoms with E-state index in [1.807, 2.05) is 0 Å². The van der Waals surface area contributed by atoms with Crippen molar-refractivity contribution in [3.05, 3.63) is 17.1 Å². The summed E-state index contributed by atoms with van der Waals surface area (Å²) < 4.78 is 18.1. The molecule has 1 aliphatic rings. The van der Waals surface area contributed by atoms with Gasteiger partial charge in [0.1, 0.15) is 12.6 Å². The standard InChI is InChI=1S/C19H37NO2.C11H20NO2S.BrH/c1-2-3-4-5-6-7-8-9-10-11-12-13-14-15-18-16-17-20-19(21)22-18;1-3-11(13-2)14-8-5-4-6-12-7-9-15-10-12;/h18H,2-17H2,1H3,(H,20,21);7,9-11H,3-6,8H2,1-2H3;1H/q;+1;/p-1. The van der Waals surface area contributed by atoms with Crippen molar-refractivity contribution in [2.24, 2.45) is 0 Å². The second-order valence-corrected chi connectivity index (χ2v) is 10.9. The van der Waals surface area contributed by atoms with E-state index in [4.69, 9.17) is 14.2 Å². The van der Waals surface area contributed by atoms with E-state index in [9.17, 15) is 4.79 Å². The first-order chi connectivity index (χ1) is 18.2. The van der Waals surface area contributed by atoms with Gasteiger partial charge in [0.15, 0.2) is 12.5 Å². The van der Waals surface area contributed by atoms with Crippen LogP contribution in [0.3, 0.4) is 0 Å². The van der Waals surface area contributed by atoms with Gasteiger partial charge in [0.05, 0.1) is 5.38 Å². The minimum absolute atomic E-state index is 0. The molecule has 1 aliphatic heterocycles. The number of unbranched alkanes of at least 4 members (excludes halogenated alkanes) is 13. The van der Waals surface area contributed by atoms with Crippen LogP contribution in [0.1, 0.15) is 129 Å². The van der Waals surface area contributed by atoms with E-state index in [2.05, 4.69) is 40.8 Å². The molecule has 224 valence electrons. The largest absolute Gasteiger partial charge is 1.00 e. The number of hydrogen-bond acceptors (Lipinski definition) is 5. The number of aryl methyl sites for hydroxylation is 1. The SMILES string of the molecule is CCC(OC)OCCCC[n+]1ccsc1.CCCCCCCCCCCCCCCC1CCNC(=O)O1.[Br-]. The van der Waals surface area contributed by atoms with Crippen molar-refractivity contribution >= 4 is 17.4 Å². The fourth-order valence-electron chi connectivity index (χ4n) is 4.53. The van der Waals surface area contributed by atoms with E-state index in [1.165, 1.54) is 83.5 Å². The lowest BCUT2D eigenvalue weighted by atomic mass is 10.0. The van der Waals surface area contributed by atoms with Crippen molar-refractivity contribution in [2.45, 2.75) is 148 Å². The van der Waals surface area contributed by atoms with Gasteiger partial charge in [-0.2, -0.15) is 4.57 Å². The normalized spacial score (nSPS) is 15.6. The fraction of sp³-hybridized carbons (Fsp3) is 0.867. The Morgan fingerprint density at radius 2 is 1.61 bits per heavy atom. The van der Waals surface area contributed by atoms with Crippen molar-refractivity contribution in [1.82, 2.24) is 5.32 Å². The van der Waals surface area contributed by atoms with E-state index >= 15 is 0 Å². The van der Waals surface area contributed by atoms with Crippen LogP contribution < -0.4 is 26.9 Å². The zero-order chi connectivity index (χ0) is 26.8. The molecule has 0 aliphatic carbocycles. The Labute approximate surface area is 248 Å². The molecule has 0 aromatic carbocycles. The summed E-state index contributed by atoms with van der Waals surface area (Å²) in [6.07, 6.45) is 25.2. The number of cyclic esters (lactones) is 1. The van der Waals surface area contributed by atoms with E-state index in [0.29, 0.717) is 0 Å². The summed E-state index contributed by atoms with van der Waals surface area (Å²) in [5.41, 5.74) is 2.13. The summed E-state index contributed by atoms with van der Waals surface area (Å²) >= 11 is 1.73. The Kier molecular flexibility index (Phi) is 27.3. The third-order valence-corrected chi connectivity index (χ3v) is 7.55. The number of amides is 1. The maximum atomic E-state index is 11.1. The average molecular weight is 622 g/mol. The van der Waals surface area contributed by atoms with Crippen LogP contribution in [0.2, 0.25) is 0 Å². The zero-order valence-electron chi connectivity index (χ0n) is 24.6. The monoisotopic (exact) mass is 620 g/mol. The Hall–Kier alpha value is -0.700. The van der Waals surface area contributed by atoms with Gasteiger partial charge >= 0.3 is 6.09 Å². The Morgan fingerprint density at radius 3 is 2.13 bits per heavy atom. The lowest BCUT2D eigenvalue weighted by Crippen LogP contribution is -3.00. The number of aromatic nitrogens is 1. The molecule has 8 heteroatoms. The molecule has 38 heavy (non-hydrogen) atoms. The molecule has 1 N–H and O–H groups in total. The van der Waals surface area contributed by atoms with Gasteiger partial charge in [-0.15, -0.1) is 0 Å². The maximum absolute atomic E-state index is 11.1. The molecule has 2 atom stereocenters. The zero-order valence-corrected chi connectivity index (χ0v) is 27.0. The Balaban J connectivity index is 0.000000750. The molecule has 0 bridgehead atoms. The molecule has 6 nitrogen and oxygen atoms in total. The smallest absolute Gasteiger partial charge is 0.407 e. The van der Waals surface area contributed by atoms with Crippen molar-refractivity contribution < 1.29 is 40.6 Å². The van der Waals surface area contributed by atoms with Crippen LogP contribution in [0, 0.1) is 0 Å².